The fourth-order valence-electron chi connectivity index (χ4n) is 2.43. The third kappa shape index (κ3) is 3.87. The van der Waals surface area contributed by atoms with Gasteiger partial charge in [-0.3, -0.25) is 19.4 Å². The average molecular weight is 318 g/mol. The van der Waals surface area contributed by atoms with Gasteiger partial charge in [0.15, 0.2) is 0 Å². The van der Waals surface area contributed by atoms with Crippen LogP contribution < -0.4 is 10.6 Å². The van der Waals surface area contributed by atoms with E-state index < -0.39 is 6.04 Å². The molecule has 1 fully saturated rings. The van der Waals surface area contributed by atoms with Crippen LogP contribution in [0.2, 0.25) is 0 Å². The lowest BCUT2D eigenvalue weighted by Crippen LogP contribution is -2.46. The predicted octanol–water partition coefficient (Wildman–Crippen LogP) is 0.418. The summed E-state index contributed by atoms with van der Waals surface area (Å²) in [6.07, 6.45) is 0. The molecule has 4 amide bonds. The number of imide groups is 1. The van der Waals surface area contributed by atoms with E-state index in [1.165, 1.54) is 4.90 Å². The van der Waals surface area contributed by atoms with Crippen LogP contribution in [-0.2, 0) is 11.3 Å². The summed E-state index contributed by atoms with van der Waals surface area (Å²) in [5, 5.41) is 5.20. The number of nitrogens with one attached hydrogen (secondary N) is 2. The average Bonchev–Trinajstić information content (AvgIpc) is 2.99. The van der Waals surface area contributed by atoms with E-state index in [1.54, 1.807) is 26.1 Å². The van der Waals surface area contributed by atoms with Crippen molar-refractivity contribution in [1.82, 2.24) is 20.4 Å². The first-order chi connectivity index (χ1) is 10.9. The molecule has 1 aromatic rings. The summed E-state index contributed by atoms with van der Waals surface area (Å²) in [4.78, 5) is 38.5. The minimum atomic E-state index is -0.405. The van der Waals surface area contributed by atoms with Crippen molar-refractivity contribution < 1.29 is 14.4 Å². The first-order valence-electron chi connectivity index (χ1n) is 7.54. The van der Waals surface area contributed by atoms with E-state index in [2.05, 4.69) is 10.6 Å². The first-order valence-corrected chi connectivity index (χ1v) is 7.54. The quantitative estimate of drug-likeness (QED) is 0.824. The SMILES string of the molecule is CNC(=O)c1ccc(CN(C)[C@@H](C)C(=O)N2CCNC2=O)cc1. The number of hydrogen-bond donors (Lipinski definition) is 2. The van der Waals surface area contributed by atoms with Gasteiger partial charge >= 0.3 is 6.03 Å². The molecule has 124 valence electrons. The zero-order chi connectivity index (χ0) is 17.0. The van der Waals surface area contributed by atoms with Gasteiger partial charge in [0.1, 0.15) is 0 Å². The Balaban J connectivity index is 1.97. The van der Waals surface area contributed by atoms with Gasteiger partial charge in [-0.1, -0.05) is 12.1 Å². The molecule has 7 nitrogen and oxygen atoms in total. The molecule has 0 saturated carbocycles. The molecule has 1 aliphatic rings. The summed E-state index contributed by atoms with van der Waals surface area (Å²) < 4.78 is 0. The van der Waals surface area contributed by atoms with Crippen molar-refractivity contribution in [2.75, 3.05) is 27.2 Å². The highest BCUT2D eigenvalue weighted by molar-refractivity contribution is 5.98. The fourth-order valence-corrected chi connectivity index (χ4v) is 2.43. The Bertz CT molecular complexity index is 600. The van der Waals surface area contributed by atoms with E-state index in [0.29, 0.717) is 25.2 Å². The summed E-state index contributed by atoms with van der Waals surface area (Å²) in [5.41, 5.74) is 1.59. The molecule has 1 aromatic carbocycles. The number of carbonyl (C=O) groups excluding carboxylic acids is 3. The minimum Gasteiger partial charge on any atom is -0.355 e. The van der Waals surface area contributed by atoms with Gasteiger partial charge in [-0.15, -0.1) is 0 Å². The van der Waals surface area contributed by atoms with Crippen molar-refractivity contribution in [2.24, 2.45) is 0 Å². The highest BCUT2D eigenvalue weighted by Crippen LogP contribution is 2.11. The molecule has 23 heavy (non-hydrogen) atoms. The largest absolute Gasteiger partial charge is 0.355 e. The lowest BCUT2D eigenvalue weighted by Gasteiger charge is -2.26. The van der Waals surface area contributed by atoms with Crippen LogP contribution in [0.3, 0.4) is 0 Å². The molecular formula is C16H22N4O3. The molecule has 0 aromatic heterocycles. The Morgan fingerprint density at radius 1 is 1.35 bits per heavy atom. The number of urea groups is 1. The molecule has 2 N–H and O–H groups in total. The number of likely N-dealkylation sites (N-methyl/N-ethyl adjacent to an activating group) is 1. The number of benzene rings is 1. The number of rotatable bonds is 5. The molecule has 0 radical (unpaired) electrons. The highest BCUT2D eigenvalue weighted by atomic mass is 16.2. The standard InChI is InChI=1S/C16H22N4O3/c1-11(15(22)20-9-8-18-16(20)23)19(3)10-12-4-6-13(7-5-12)14(21)17-2/h4-7,11H,8-10H2,1-3H3,(H,17,21)(H,18,23)/t11-/m0/s1. The maximum Gasteiger partial charge on any atom is 0.324 e. The van der Waals surface area contributed by atoms with Crippen molar-refractivity contribution >= 4 is 17.8 Å². The van der Waals surface area contributed by atoms with E-state index in [4.69, 9.17) is 0 Å². The summed E-state index contributed by atoms with van der Waals surface area (Å²) in [6, 6.07) is 6.49. The second-order valence-corrected chi connectivity index (χ2v) is 5.59. The lowest BCUT2D eigenvalue weighted by atomic mass is 10.1. The molecular weight excluding hydrogens is 296 g/mol. The van der Waals surface area contributed by atoms with Crippen molar-refractivity contribution in [2.45, 2.75) is 19.5 Å². The molecule has 0 aliphatic carbocycles. The topological polar surface area (TPSA) is 81.8 Å². The van der Waals surface area contributed by atoms with Crippen LogP contribution in [0.25, 0.3) is 0 Å². The molecule has 1 aliphatic heterocycles. The first kappa shape index (κ1) is 17.0. The van der Waals surface area contributed by atoms with E-state index in [1.807, 2.05) is 24.1 Å². The Morgan fingerprint density at radius 2 is 2.00 bits per heavy atom. The fraction of sp³-hybridized carbons (Fsp3) is 0.438. The molecule has 0 bridgehead atoms. The molecule has 7 heteroatoms. The zero-order valence-electron chi connectivity index (χ0n) is 13.6. The number of amides is 4. The summed E-state index contributed by atoms with van der Waals surface area (Å²) in [7, 11) is 3.43. The monoisotopic (exact) mass is 318 g/mol. The molecule has 1 atom stereocenters. The van der Waals surface area contributed by atoms with Crippen LogP contribution in [0.1, 0.15) is 22.8 Å². The van der Waals surface area contributed by atoms with Crippen LogP contribution in [-0.4, -0.2) is 60.9 Å². The van der Waals surface area contributed by atoms with Gasteiger partial charge in [0.25, 0.3) is 5.91 Å². The van der Waals surface area contributed by atoms with Gasteiger partial charge in [-0.05, 0) is 31.7 Å². The van der Waals surface area contributed by atoms with Crippen molar-refractivity contribution in [1.29, 1.82) is 0 Å². The van der Waals surface area contributed by atoms with Crippen LogP contribution in [0.15, 0.2) is 24.3 Å². The van der Waals surface area contributed by atoms with Crippen molar-refractivity contribution in [3.05, 3.63) is 35.4 Å². The maximum absolute atomic E-state index is 12.3. The second kappa shape index (κ2) is 7.23. The second-order valence-electron chi connectivity index (χ2n) is 5.59. The van der Waals surface area contributed by atoms with Crippen LogP contribution >= 0.6 is 0 Å². The van der Waals surface area contributed by atoms with E-state index in [-0.39, 0.29) is 17.8 Å². The highest BCUT2D eigenvalue weighted by Gasteiger charge is 2.31. The van der Waals surface area contributed by atoms with Crippen LogP contribution in [0.5, 0.6) is 0 Å². The lowest BCUT2D eigenvalue weighted by molar-refractivity contribution is -0.132. The minimum absolute atomic E-state index is 0.131. The molecule has 1 saturated heterocycles. The Morgan fingerprint density at radius 3 is 2.52 bits per heavy atom. The van der Waals surface area contributed by atoms with Crippen molar-refractivity contribution in [3.63, 3.8) is 0 Å². The normalized spacial score (nSPS) is 15.5. The number of nitrogens with zero attached hydrogens (tertiary/aromatic N) is 2. The van der Waals surface area contributed by atoms with Gasteiger partial charge in [0.05, 0.1) is 6.04 Å². The summed E-state index contributed by atoms with van der Waals surface area (Å²) in [5.74, 6) is -0.335. The van der Waals surface area contributed by atoms with Gasteiger partial charge in [0.2, 0.25) is 5.91 Å². The van der Waals surface area contributed by atoms with E-state index in [9.17, 15) is 14.4 Å². The Kier molecular flexibility index (Phi) is 5.33. The maximum atomic E-state index is 12.3. The van der Waals surface area contributed by atoms with Gasteiger partial charge in [-0.25, -0.2) is 4.79 Å². The van der Waals surface area contributed by atoms with E-state index in [0.717, 1.165) is 5.56 Å². The Hall–Kier alpha value is -2.41. The Labute approximate surface area is 135 Å². The molecule has 0 unspecified atom stereocenters. The summed E-state index contributed by atoms with van der Waals surface area (Å²) in [6.45, 7) is 3.25. The van der Waals surface area contributed by atoms with E-state index >= 15 is 0 Å². The van der Waals surface area contributed by atoms with Gasteiger partial charge < -0.3 is 10.6 Å². The zero-order valence-corrected chi connectivity index (χ0v) is 13.6. The van der Waals surface area contributed by atoms with Gasteiger partial charge in [-0.2, -0.15) is 0 Å². The van der Waals surface area contributed by atoms with Gasteiger partial charge in [0, 0.05) is 32.2 Å². The van der Waals surface area contributed by atoms with Crippen LogP contribution in [0.4, 0.5) is 4.79 Å². The molecule has 1 heterocycles. The number of hydrogen-bond acceptors (Lipinski definition) is 4. The third-order valence-electron chi connectivity index (χ3n) is 4.02. The molecule has 0 spiro atoms. The van der Waals surface area contributed by atoms with Crippen molar-refractivity contribution in [3.8, 4) is 0 Å². The number of carbonyl (C=O) groups is 3. The third-order valence-corrected chi connectivity index (χ3v) is 4.02. The summed E-state index contributed by atoms with van der Waals surface area (Å²) >= 11 is 0. The van der Waals surface area contributed by atoms with Crippen LogP contribution in [0, 0.1) is 0 Å². The molecule has 2 rings (SSSR count). The smallest absolute Gasteiger partial charge is 0.324 e. The predicted molar refractivity (Wildman–Crippen MR) is 85.9 cm³/mol.